The Hall–Kier alpha value is -2.08. The minimum atomic E-state index is 0.0381. The molecule has 0 radical (unpaired) electrons. The molecular formula is C19H27N3O3. The van der Waals surface area contributed by atoms with Crippen LogP contribution >= 0.6 is 0 Å². The predicted molar refractivity (Wildman–Crippen MR) is 95.0 cm³/mol. The summed E-state index contributed by atoms with van der Waals surface area (Å²) in [7, 11) is 0. The summed E-state index contributed by atoms with van der Waals surface area (Å²) >= 11 is 0. The van der Waals surface area contributed by atoms with Gasteiger partial charge in [-0.05, 0) is 12.0 Å². The molecular weight excluding hydrogens is 318 g/mol. The summed E-state index contributed by atoms with van der Waals surface area (Å²) in [6.45, 7) is 6.24. The number of ether oxygens (including phenoxy) is 1. The highest BCUT2D eigenvalue weighted by atomic mass is 16.5. The van der Waals surface area contributed by atoms with Gasteiger partial charge in [-0.3, -0.25) is 4.79 Å². The van der Waals surface area contributed by atoms with Crippen LogP contribution in [0.5, 0.6) is 0 Å². The van der Waals surface area contributed by atoms with Crippen molar-refractivity contribution in [1.82, 2.24) is 14.7 Å². The lowest BCUT2D eigenvalue weighted by Gasteiger charge is -2.35. The normalized spacial score (nSPS) is 22.0. The molecule has 2 aliphatic heterocycles. The number of hydrogen-bond donors (Lipinski definition) is 0. The molecule has 2 fully saturated rings. The van der Waals surface area contributed by atoms with Crippen LogP contribution in [0.1, 0.15) is 25.3 Å². The lowest BCUT2D eigenvalue weighted by Crippen LogP contribution is -2.50. The van der Waals surface area contributed by atoms with Gasteiger partial charge in [-0.25, -0.2) is 4.79 Å². The van der Waals surface area contributed by atoms with Gasteiger partial charge in [-0.1, -0.05) is 37.3 Å². The van der Waals surface area contributed by atoms with Crippen molar-refractivity contribution < 1.29 is 14.3 Å². The van der Waals surface area contributed by atoms with Crippen LogP contribution < -0.4 is 0 Å². The van der Waals surface area contributed by atoms with E-state index in [0.29, 0.717) is 52.4 Å². The number of benzene rings is 1. The number of nitrogens with zero attached hydrogens (tertiary/aromatic N) is 3. The average molecular weight is 345 g/mol. The fourth-order valence-electron chi connectivity index (χ4n) is 3.50. The summed E-state index contributed by atoms with van der Waals surface area (Å²) in [5.41, 5.74) is 1.13. The monoisotopic (exact) mass is 345 g/mol. The molecule has 0 spiro atoms. The van der Waals surface area contributed by atoms with E-state index in [1.807, 2.05) is 45.0 Å². The Morgan fingerprint density at radius 1 is 1.12 bits per heavy atom. The second kappa shape index (κ2) is 8.34. The van der Waals surface area contributed by atoms with Crippen LogP contribution in [0.25, 0.3) is 0 Å². The van der Waals surface area contributed by atoms with E-state index < -0.39 is 0 Å². The first-order valence-electron chi connectivity index (χ1n) is 9.14. The molecule has 0 saturated carbocycles. The Morgan fingerprint density at radius 3 is 2.52 bits per heavy atom. The Labute approximate surface area is 149 Å². The molecule has 0 N–H and O–H groups in total. The van der Waals surface area contributed by atoms with Crippen LogP contribution in [-0.4, -0.2) is 72.1 Å². The number of morpholine rings is 1. The topological polar surface area (TPSA) is 53.1 Å². The number of hydrogen-bond acceptors (Lipinski definition) is 3. The third kappa shape index (κ3) is 4.31. The van der Waals surface area contributed by atoms with Crippen LogP contribution in [0.15, 0.2) is 30.3 Å². The SMILES string of the molecule is CCC1CN(C(=O)N2CCOCC2)CCC(=O)N1Cc1ccccc1. The number of carbonyl (C=O) groups excluding carboxylic acids is 2. The Morgan fingerprint density at radius 2 is 1.84 bits per heavy atom. The zero-order valence-corrected chi connectivity index (χ0v) is 14.9. The standard InChI is InChI=1S/C19H27N3O3/c1-2-17-15-21(19(24)20-10-12-25-13-11-20)9-8-18(23)22(17)14-16-6-4-3-5-7-16/h3-7,17H,2,8-15H2,1H3. The molecule has 2 aliphatic rings. The van der Waals surface area contributed by atoms with Gasteiger partial charge in [0.15, 0.2) is 0 Å². The molecule has 0 aliphatic carbocycles. The van der Waals surface area contributed by atoms with Gasteiger partial charge in [0.25, 0.3) is 0 Å². The molecule has 3 amide bonds. The lowest BCUT2D eigenvalue weighted by atomic mass is 10.1. The van der Waals surface area contributed by atoms with Crippen LogP contribution in [-0.2, 0) is 16.1 Å². The number of amides is 3. The molecule has 3 rings (SSSR count). The van der Waals surface area contributed by atoms with E-state index in [2.05, 4.69) is 6.92 Å². The summed E-state index contributed by atoms with van der Waals surface area (Å²) in [5.74, 6) is 0.132. The molecule has 136 valence electrons. The van der Waals surface area contributed by atoms with Crippen molar-refractivity contribution in [2.45, 2.75) is 32.4 Å². The zero-order valence-electron chi connectivity index (χ0n) is 14.9. The maximum atomic E-state index is 12.8. The molecule has 0 aromatic heterocycles. The first kappa shape index (κ1) is 17.7. The molecule has 1 aromatic carbocycles. The van der Waals surface area contributed by atoms with Crippen molar-refractivity contribution in [3.8, 4) is 0 Å². The van der Waals surface area contributed by atoms with Gasteiger partial charge < -0.3 is 19.4 Å². The van der Waals surface area contributed by atoms with Crippen LogP contribution in [0.2, 0.25) is 0 Å². The van der Waals surface area contributed by atoms with Crippen molar-refractivity contribution in [3.05, 3.63) is 35.9 Å². The third-order valence-electron chi connectivity index (χ3n) is 5.01. The summed E-state index contributed by atoms with van der Waals surface area (Å²) in [5, 5.41) is 0. The van der Waals surface area contributed by atoms with Crippen LogP contribution in [0.4, 0.5) is 4.79 Å². The summed E-state index contributed by atoms with van der Waals surface area (Å²) in [6.07, 6.45) is 1.23. The van der Waals surface area contributed by atoms with Gasteiger partial charge in [-0.2, -0.15) is 0 Å². The number of urea groups is 1. The molecule has 25 heavy (non-hydrogen) atoms. The Bertz CT molecular complexity index is 587. The Kier molecular flexibility index (Phi) is 5.91. The summed E-state index contributed by atoms with van der Waals surface area (Å²) < 4.78 is 5.33. The maximum Gasteiger partial charge on any atom is 0.320 e. The summed E-state index contributed by atoms with van der Waals surface area (Å²) in [4.78, 5) is 31.1. The molecule has 0 bridgehead atoms. The van der Waals surface area contributed by atoms with Crippen molar-refractivity contribution in [1.29, 1.82) is 0 Å². The van der Waals surface area contributed by atoms with E-state index in [1.165, 1.54) is 0 Å². The number of carbonyl (C=O) groups is 2. The van der Waals surface area contributed by atoms with Gasteiger partial charge in [-0.15, -0.1) is 0 Å². The second-order valence-electron chi connectivity index (χ2n) is 6.65. The molecule has 2 heterocycles. The Balaban J connectivity index is 1.70. The van der Waals surface area contributed by atoms with E-state index >= 15 is 0 Å². The second-order valence-corrected chi connectivity index (χ2v) is 6.65. The van der Waals surface area contributed by atoms with Gasteiger partial charge >= 0.3 is 6.03 Å². The molecule has 2 saturated heterocycles. The minimum absolute atomic E-state index is 0.0381. The van der Waals surface area contributed by atoms with Crippen molar-refractivity contribution in [2.24, 2.45) is 0 Å². The first-order valence-corrected chi connectivity index (χ1v) is 9.14. The molecule has 1 aromatic rings. The minimum Gasteiger partial charge on any atom is -0.378 e. The molecule has 1 unspecified atom stereocenters. The quantitative estimate of drug-likeness (QED) is 0.841. The smallest absolute Gasteiger partial charge is 0.320 e. The van der Waals surface area contributed by atoms with E-state index in [9.17, 15) is 9.59 Å². The fourth-order valence-corrected chi connectivity index (χ4v) is 3.50. The molecule has 6 heteroatoms. The zero-order chi connectivity index (χ0) is 17.6. The predicted octanol–water partition coefficient (Wildman–Crippen LogP) is 1.95. The van der Waals surface area contributed by atoms with Crippen molar-refractivity contribution in [2.75, 3.05) is 39.4 Å². The van der Waals surface area contributed by atoms with Crippen LogP contribution in [0.3, 0.4) is 0 Å². The van der Waals surface area contributed by atoms with E-state index in [4.69, 9.17) is 4.74 Å². The van der Waals surface area contributed by atoms with Gasteiger partial charge in [0.2, 0.25) is 5.91 Å². The highest BCUT2D eigenvalue weighted by Gasteiger charge is 2.32. The maximum absolute atomic E-state index is 12.8. The third-order valence-corrected chi connectivity index (χ3v) is 5.01. The van der Waals surface area contributed by atoms with Gasteiger partial charge in [0.05, 0.1) is 13.2 Å². The van der Waals surface area contributed by atoms with E-state index in [0.717, 1.165) is 12.0 Å². The molecule has 6 nitrogen and oxygen atoms in total. The van der Waals surface area contributed by atoms with Crippen LogP contribution in [0, 0.1) is 0 Å². The number of rotatable bonds is 3. The largest absolute Gasteiger partial charge is 0.378 e. The lowest BCUT2D eigenvalue weighted by molar-refractivity contribution is -0.133. The van der Waals surface area contributed by atoms with E-state index in [-0.39, 0.29) is 18.0 Å². The average Bonchev–Trinajstić information content (AvgIpc) is 2.82. The summed E-state index contributed by atoms with van der Waals surface area (Å²) in [6, 6.07) is 10.1. The first-order chi connectivity index (χ1) is 12.2. The van der Waals surface area contributed by atoms with Gasteiger partial charge in [0, 0.05) is 45.2 Å². The molecule has 1 atom stereocenters. The van der Waals surface area contributed by atoms with Crippen molar-refractivity contribution in [3.63, 3.8) is 0 Å². The highest BCUT2D eigenvalue weighted by molar-refractivity contribution is 5.80. The van der Waals surface area contributed by atoms with E-state index in [1.54, 1.807) is 0 Å². The van der Waals surface area contributed by atoms with Crippen molar-refractivity contribution >= 4 is 11.9 Å². The fraction of sp³-hybridized carbons (Fsp3) is 0.579. The van der Waals surface area contributed by atoms with Gasteiger partial charge in [0.1, 0.15) is 0 Å². The highest BCUT2D eigenvalue weighted by Crippen LogP contribution is 2.19.